The van der Waals surface area contributed by atoms with E-state index in [2.05, 4.69) is 4.98 Å². The molecule has 2 heterocycles. The lowest BCUT2D eigenvalue weighted by atomic mass is 9.94. The summed E-state index contributed by atoms with van der Waals surface area (Å²) < 4.78 is 16.2. The lowest BCUT2D eigenvalue weighted by Crippen LogP contribution is -2.29. The van der Waals surface area contributed by atoms with Gasteiger partial charge in [-0.15, -0.1) is 0 Å². The highest BCUT2D eigenvalue weighted by atomic mass is 16.5. The molecule has 1 fully saturated rings. The molecule has 1 atom stereocenters. The van der Waals surface area contributed by atoms with Crippen molar-refractivity contribution >= 4 is 17.4 Å². The average molecular weight is 460 g/mol. The molecule has 1 unspecified atom stereocenters. The molecule has 1 aromatic heterocycles. The predicted molar refractivity (Wildman–Crippen MR) is 125 cm³/mol. The van der Waals surface area contributed by atoms with Gasteiger partial charge in [0.15, 0.2) is 0 Å². The zero-order valence-corrected chi connectivity index (χ0v) is 19.0. The number of hydrogen-bond donors (Lipinski definition) is 1. The van der Waals surface area contributed by atoms with E-state index in [-0.39, 0.29) is 23.4 Å². The van der Waals surface area contributed by atoms with Crippen molar-refractivity contribution in [3.63, 3.8) is 0 Å². The van der Waals surface area contributed by atoms with Gasteiger partial charge in [0.05, 0.1) is 50.7 Å². The molecule has 8 nitrogen and oxygen atoms in total. The lowest BCUT2D eigenvalue weighted by molar-refractivity contribution is -0.140. The summed E-state index contributed by atoms with van der Waals surface area (Å²) in [5.41, 5.74) is 1.37. The third kappa shape index (κ3) is 4.05. The van der Waals surface area contributed by atoms with Crippen molar-refractivity contribution in [2.24, 2.45) is 0 Å². The first-order valence-corrected chi connectivity index (χ1v) is 10.5. The smallest absolute Gasteiger partial charge is 0.296 e. The highest BCUT2D eigenvalue weighted by Crippen LogP contribution is 2.44. The van der Waals surface area contributed by atoms with Crippen LogP contribution in [0.1, 0.15) is 22.9 Å². The van der Waals surface area contributed by atoms with Crippen molar-refractivity contribution < 1.29 is 28.9 Å². The number of rotatable bonds is 7. The van der Waals surface area contributed by atoms with Gasteiger partial charge in [-0.25, -0.2) is 0 Å². The Morgan fingerprint density at radius 3 is 2.35 bits per heavy atom. The highest BCUT2D eigenvalue weighted by Gasteiger charge is 2.47. The van der Waals surface area contributed by atoms with Crippen molar-refractivity contribution in [1.82, 2.24) is 9.88 Å². The average Bonchev–Trinajstić information content (AvgIpc) is 3.13. The number of methoxy groups -OCH3 is 3. The summed E-state index contributed by atoms with van der Waals surface area (Å²) in [4.78, 5) is 32.2. The van der Waals surface area contributed by atoms with Crippen molar-refractivity contribution in [3.05, 3.63) is 89.3 Å². The van der Waals surface area contributed by atoms with E-state index in [0.717, 1.165) is 0 Å². The van der Waals surface area contributed by atoms with Crippen LogP contribution in [0.3, 0.4) is 0 Å². The van der Waals surface area contributed by atoms with Crippen LogP contribution in [-0.4, -0.2) is 48.0 Å². The van der Waals surface area contributed by atoms with E-state index in [0.29, 0.717) is 28.5 Å². The van der Waals surface area contributed by atoms with Crippen LogP contribution in [0.4, 0.5) is 0 Å². The number of hydrogen-bond acceptors (Lipinski definition) is 7. The summed E-state index contributed by atoms with van der Waals surface area (Å²) >= 11 is 0. The van der Waals surface area contributed by atoms with E-state index >= 15 is 0 Å². The number of Topliss-reactive ketones (excluding diaryl/α,β-unsaturated/α-hetero) is 1. The summed E-state index contributed by atoms with van der Waals surface area (Å²) in [6, 6.07) is 16.3. The van der Waals surface area contributed by atoms with Crippen molar-refractivity contribution in [2.75, 3.05) is 21.3 Å². The topological polar surface area (TPSA) is 98.2 Å². The van der Waals surface area contributed by atoms with Gasteiger partial charge in [0.1, 0.15) is 23.0 Å². The Morgan fingerprint density at radius 2 is 1.68 bits per heavy atom. The Balaban J connectivity index is 1.93. The van der Waals surface area contributed by atoms with Crippen LogP contribution in [0.15, 0.2) is 72.4 Å². The fraction of sp³-hybridized carbons (Fsp3) is 0.192. The molecule has 0 spiro atoms. The number of carbonyl (C=O) groups is 2. The molecule has 174 valence electrons. The second kappa shape index (κ2) is 9.66. The Morgan fingerprint density at radius 1 is 0.941 bits per heavy atom. The third-order valence-electron chi connectivity index (χ3n) is 5.70. The fourth-order valence-corrected chi connectivity index (χ4v) is 4.06. The van der Waals surface area contributed by atoms with Crippen molar-refractivity contribution in [2.45, 2.75) is 12.6 Å². The van der Waals surface area contributed by atoms with Crippen LogP contribution in [-0.2, 0) is 16.1 Å². The van der Waals surface area contributed by atoms with E-state index in [9.17, 15) is 14.7 Å². The molecule has 4 rings (SSSR count). The molecule has 0 aliphatic carbocycles. The fourth-order valence-electron chi connectivity index (χ4n) is 4.06. The molecule has 0 bridgehead atoms. The SMILES string of the molecule is COc1ccc(/C(O)=C2\C(=O)C(=O)N(Cc3ccccn3)C2c2ccccc2OC)c(OC)c1. The van der Waals surface area contributed by atoms with Crippen molar-refractivity contribution in [3.8, 4) is 17.2 Å². The maximum absolute atomic E-state index is 13.3. The van der Waals surface area contributed by atoms with Gasteiger partial charge in [-0.1, -0.05) is 24.3 Å². The van der Waals surface area contributed by atoms with Gasteiger partial charge in [-0.05, 0) is 30.3 Å². The highest BCUT2D eigenvalue weighted by molar-refractivity contribution is 6.46. The summed E-state index contributed by atoms with van der Waals surface area (Å²) in [6.07, 6.45) is 1.62. The zero-order valence-electron chi connectivity index (χ0n) is 19.0. The molecule has 0 saturated carbocycles. The lowest BCUT2D eigenvalue weighted by Gasteiger charge is -2.26. The molecular formula is C26H24N2O6. The molecule has 8 heteroatoms. The molecule has 1 saturated heterocycles. The summed E-state index contributed by atoms with van der Waals surface area (Å²) in [5, 5.41) is 11.4. The number of benzene rings is 2. The number of ether oxygens (including phenoxy) is 3. The predicted octanol–water partition coefficient (Wildman–Crippen LogP) is 3.73. The molecule has 3 aromatic rings. The number of aliphatic hydroxyl groups excluding tert-OH is 1. The molecule has 1 amide bonds. The molecule has 1 aliphatic rings. The zero-order chi connectivity index (χ0) is 24.2. The van der Waals surface area contributed by atoms with E-state index < -0.39 is 17.7 Å². The summed E-state index contributed by atoms with van der Waals surface area (Å²) in [5.74, 6) is -0.597. The van der Waals surface area contributed by atoms with Crippen LogP contribution in [0.5, 0.6) is 17.2 Å². The standard InChI is InChI=1S/C26H24N2O6/c1-32-17-11-12-19(21(14-17)34-3)24(29)22-23(18-9-4-5-10-20(18)33-2)28(26(31)25(22)30)15-16-8-6-7-13-27-16/h4-14,23,29H,15H2,1-3H3/b24-22+. The Hall–Kier alpha value is -4.33. The maximum atomic E-state index is 13.3. The van der Waals surface area contributed by atoms with Crippen LogP contribution in [0.25, 0.3) is 5.76 Å². The third-order valence-corrected chi connectivity index (χ3v) is 5.70. The van der Waals surface area contributed by atoms with Gasteiger partial charge in [0.25, 0.3) is 11.7 Å². The monoisotopic (exact) mass is 460 g/mol. The second-order valence-corrected chi connectivity index (χ2v) is 7.56. The van der Waals surface area contributed by atoms with E-state index in [1.807, 2.05) is 0 Å². The number of amides is 1. The first-order valence-electron chi connectivity index (χ1n) is 10.5. The molecule has 0 radical (unpaired) electrons. The first kappa shape index (κ1) is 22.8. The number of likely N-dealkylation sites (tertiary alicyclic amines) is 1. The molecule has 1 N–H and O–H groups in total. The number of nitrogens with zero attached hydrogens (tertiary/aromatic N) is 2. The van der Waals surface area contributed by atoms with Crippen molar-refractivity contribution in [1.29, 1.82) is 0 Å². The number of pyridine rings is 1. The minimum absolute atomic E-state index is 0.0612. The molecular weight excluding hydrogens is 436 g/mol. The minimum Gasteiger partial charge on any atom is -0.507 e. The van der Waals surface area contributed by atoms with Gasteiger partial charge < -0.3 is 24.2 Å². The van der Waals surface area contributed by atoms with E-state index in [1.54, 1.807) is 66.9 Å². The molecule has 2 aromatic carbocycles. The second-order valence-electron chi connectivity index (χ2n) is 7.56. The summed E-state index contributed by atoms with van der Waals surface area (Å²) in [7, 11) is 4.47. The van der Waals surface area contributed by atoms with Crippen LogP contribution < -0.4 is 14.2 Å². The van der Waals surface area contributed by atoms with E-state index in [4.69, 9.17) is 14.2 Å². The minimum atomic E-state index is -0.898. The largest absolute Gasteiger partial charge is 0.507 e. The van der Waals surface area contributed by atoms with Crippen LogP contribution >= 0.6 is 0 Å². The number of carbonyl (C=O) groups excluding carboxylic acids is 2. The normalized spacial score (nSPS) is 17.0. The van der Waals surface area contributed by atoms with Gasteiger partial charge >= 0.3 is 0 Å². The van der Waals surface area contributed by atoms with Gasteiger partial charge in [-0.2, -0.15) is 0 Å². The summed E-state index contributed by atoms with van der Waals surface area (Å²) in [6.45, 7) is 0.0741. The number of aromatic nitrogens is 1. The number of aliphatic hydroxyl groups is 1. The van der Waals surface area contributed by atoms with E-state index in [1.165, 1.54) is 26.2 Å². The first-order chi connectivity index (χ1) is 16.5. The Labute approximate surface area is 197 Å². The van der Waals surface area contributed by atoms with Crippen LogP contribution in [0, 0.1) is 0 Å². The quantitative estimate of drug-likeness (QED) is 0.326. The molecule has 1 aliphatic heterocycles. The maximum Gasteiger partial charge on any atom is 0.296 e. The van der Waals surface area contributed by atoms with Gasteiger partial charge in [0.2, 0.25) is 0 Å². The van der Waals surface area contributed by atoms with Crippen LogP contribution in [0.2, 0.25) is 0 Å². The van der Waals surface area contributed by atoms with Gasteiger partial charge in [-0.3, -0.25) is 14.6 Å². The Kier molecular flexibility index (Phi) is 6.49. The molecule has 34 heavy (non-hydrogen) atoms. The number of para-hydroxylation sites is 1. The number of ketones is 1. The van der Waals surface area contributed by atoms with Gasteiger partial charge in [0, 0.05) is 17.8 Å². The Bertz CT molecular complexity index is 1260.